The van der Waals surface area contributed by atoms with E-state index >= 15 is 0 Å². The van der Waals surface area contributed by atoms with Crippen LogP contribution < -0.4 is 10.6 Å². The highest BCUT2D eigenvalue weighted by Gasteiger charge is 2.19. The van der Waals surface area contributed by atoms with Crippen molar-refractivity contribution in [2.75, 3.05) is 24.6 Å². The molecule has 1 aromatic carbocycles. The molecule has 0 radical (unpaired) electrons. The minimum absolute atomic E-state index is 0.387. The van der Waals surface area contributed by atoms with Crippen LogP contribution in [0.15, 0.2) is 22.7 Å². The van der Waals surface area contributed by atoms with Crippen molar-refractivity contribution in [3.05, 3.63) is 28.2 Å². The zero-order valence-corrected chi connectivity index (χ0v) is 12.4. The van der Waals surface area contributed by atoms with Crippen LogP contribution in [0.2, 0.25) is 0 Å². The number of nitrogens with two attached hydrogens (primary N) is 1. The highest BCUT2D eigenvalue weighted by atomic mass is 79.9. The molecule has 4 heteroatoms. The Labute approximate surface area is 117 Å². The van der Waals surface area contributed by atoms with Gasteiger partial charge in [0.25, 0.3) is 0 Å². The van der Waals surface area contributed by atoms with Crippen LogP contribution >= 0.6 is 15.9 Å². The van der Waals surface area contributed by atoms with Crippen LogP contribution in [0.25, 0.3) is 0 Å². The third kappa shape index (κ3) is 3.25. The Balaban J connectivity index is 2.08. The number of likely N-dealkylation sites (N-methyl/N-ethyl adjacent to an activating group) is 1. The summed E-state index contributed by atoms with van der Waals surface area (Å²) < 4.78 is 6.80. The molecule has 1 heterocycles. The van der Waals surface area contributed by atoms with E-state index in [0.717, 1.165) is 29.7 Å². The smallest absolute Gasteiger partial charge is 0.0750 e. The lowest BCUT2D eigenvalue weighted by Crippen LogP contribution is -2.32. The first kappa shape index (κ1) is 13.8. The molecule has 0 spiro atoms. The van der Waals surface area contributed by atoms with E-state index in [1.165, 1.54) is 18.5 Å². The zero-order valence-electron chi connectivity index (χ0n) is 10.9. The summed E-state index contributed by atoms with van der Waals surface area (Å²) in [7, 11) is 0. The lowest BCUT2D eigenvalue weighted by molar-refractivity contribution is 0.115. The normalized spacial score (nSPS) is 19.2. The summed E-state index contributed by atoms with van der Waals surface area (Å²) in [6.07, 6.45) is 2.76. The van der Waals surface area contributed by atoms with Crippen molar-refractivity contribution in [3.8, 4) is 0 Å². The van der Waals surface area contributed by atoms with Crippen molar-refractivity contribution in [2.24, 2.45) is 5.73 Å². The highest BCUT2D eigenvalue weighted by molar-refractivity contribution is 9.10. The highest BCUT2D eigenvalue weighted by Crippen LogP contribution is 2.25. The SMILES string of the molecule is CCN(CC1CCCO1)c1ccc(CN)c(Br)c1. The van der Waals surface area contributed by atoms with Crippen LogP contribution in [0.3, 0.4) is 0 Å². The van der Waals surface area contributed by atoms with Gasteiger partial charge in [0, 0.05) is 36.4 Å². The summed E-state index contributed by atoms with van der Waals surface area (Å²) in [6.45, 7) is 5.63. The quantitative estimate of drug-likeness (QED) is 0.908. The maximum absolute atomic E-state index is 5.71. The van der Waals surface area contributed by atoms with E-state index in [1.54, 1.807) is 0 Å². The fourth-order valence-electron chi connectivity index (χ4n) is 2.35. The van der Waals surface area contributed by atoms with Crippen LogP contribution in [-0.2, 0) is 11.3 Å². The van der Waals surface area contributed by atoms with Gasteiger partial charge in [0.05, 0.1) is 6.10 Å². The van der Waals surface area contributed by atoms with Crippen molar-refractivity contribution in [3.63, 3.8) is 0 Å². The number of anilines is 1. The van der Waals surface area contributed by atoms with Crippen molar-refractivity contribution in [1.82, 2.24) is 0 Å². The van der Waals surface area contributed by atoms with Crippen molar-refractivity contribution in [1.29, 1.82) is 0 Å². The first-order valence-electron chi connectivity index (χ1n) is 6.59. The number of hydrogen-bond acceptors (Lipinski definition) is 3. The Morgan fingerprint density at radius 3 is 2.89 bits per heavy atom. The molecule has 1 aromatic rings. The molecule has 0 aromatic heterocycles. The van der Waals surface area contributed by atoms with Gasteiger partial charge < -0.3 is 15.4 Å². The average molecular weight is 313 g/mol. The largest absolute Gasteiger partial charge is 0.376 e. The van der Waals surface area contributed by atoms with E-state index in [1.807, 2.05) is 0 Å². The molecule has 1 unspecified atom stereocenters. The summed E-state index contributed by atoms with van der Waals surface area (Å²) in [5.74, 6) is 0. The zero-order chi connectivity index (χ0) is 13.0. The topological polar surface area (TPSA) is 38.5 Å². The van der Waals surface area contributed by atoms with Gasteiger partial charge in [-0.05, 0) is 37.5 Å². The molecule has 0 amide bonds. The molecule has 2 rings (SSSR count). The van der Waals surface area contributed by atoms with Crippen molar-refractivity contribution >= 4 is 21.6 Å². The summed E-state index contributed by atoms with van der Waals surface area (Å²) in [4.78, 5) is 2.36. The number of nitrogens with zero attached hydrogens (tertiary/aromatic N) is 1. The van der Waals surface area contributed by atoms with Crippen molar-refractivity contribution < 1.29 is 4.74 Å². The van der Waals surface area contributed by atoms with E-state index in [9.17, 15) is 0 Å². The second-order valence-corrected chi connectivity index (χ2v) is 5.51. The van der Waals surface area contributed by atoms with E-state index < -0.39 is 0 Å². The lowest BCUT2D eigenvalue weighted by atomic mass is 10.1. The van der Waals surface area contributed by atoms with E-state index in [2.05, 4.69) is 46.0 Å². The average Bonchev–Trinajstić information content (AvgIpc) is 2.88. The van der Waals surface area contributed by atoms with Crippen LogP contribution in [0, 0.1) is 0 Å². The molecule has 0 saturated carbocycles. The Morgan fingerprint density at radius 2 is 2.33 bits per heavy atom. The maximum Gasteiger partial charge on any atom is 0.0750 e. The summed E-state index contributed by atoms with van der Waals surface area (Å²) in [5.41, 5.74) is 8.06. The fraction of sp³-hybridized carbons (Fsp3) is 0.571. The predicted octanol–water partition coefficient (Wildman–Crippen LogP) is 2.91. The first-order valence-corrected chi connectivity index (χ1v) is 7.39. The molecule has 3 nitrogen and oxygen atoms in total. The molecule has 1 fully saturated rings. The molecule has 18 heavy (non-hydrogen) atoms. The van der Waals surface area contributed by atoms with Crippen LogP contribution in [0.4, 0.5) is 5.69 Å². The van der Waals surface area contributed by atoms with Gasteiger partial charge in [-0.2, -0.15) is 0 Å². The Hall–Kier alpha value is -0.580. The fourth-order valence-corrected chi connectivity index (χ4v) is 2.88. The third-order valence-corrected chi connectivity index (χ3v) is 4.19. The molecule has 0 bridgehead atoms. The summed E-state index contributed by atoms with van der Waals surface area (Å²) >= 11 is 3.58. The Bertz CT molecular complexity index is 391. The maximum atomic E-state index is 5.71. The number of benzene rings is 1. The summed E-state index contributed by atoms with van der Waals surface area (Å²) in [5, 5.41) is 0. The van der Waals surface area contributed by atoms with Gasteiger partial charge in [-0.1, -0.05) is 22.0 Å². The van der Waals surface area contributed by atoms with Crippen LogP contribution in [-0.4, -0.2) is 25.8 Å². The van der Waals surface area contributed by atoms with Gasteiger partial charge in [0.2, 0.25) is 0 Å². The molecular weight excluding hydrogens is 292 g/mol. The molecule has 2 N–H and O–H groups in total. The van der Waals surface area contributed by atoms with E-state index in [0.29, 0.717) is 12.6 Å². The van der Waals surface area contributed by atoms with Gasteiger partial charge in [-0.15, -0.1) is 0 Å². The van der Waals surface area contributed by atoms with E-state index in [4.69, 9.17) is 10.5 Å². The van der Waals surface area contributed by atoms with Gasteiger partial charge in [-0.3, -0.25) is 0 Å². The molecule has 1 aliphatic heterocycles. The molecule has 0 aliphatic carbocycles. The minimum Gasteiger partial charge on any atom is -0.376 e. The standard InChI is InChI=1S/C14H21BrN2O/c1-2-17(10-13-4-3-7-18-13)12-6-5-11(9-16)14(15)8-12/h5-6,8,13H,2-4,7,9-10,16H2,1H3. The first-order chi connectivity index (χ1) is 8.74. The van der Waals surface area contributed by atoms with Crippen molar-refractivity contribution in [2.45, 2.75) is 32.4 Å². The monoisotopic (exact) mass is 312 g/mol. The number of halogens is 1. The second kappa shape index (κ2) is 6.55. The number of ether oxygens (including phenoxy) is 1. The Morgan fingerprint density at radius 1 is 1.50 bits per heavy atom. The van der Waals surface area contributed by atoms with Crippen LogP contribution in [0.5, 0.6) is 0 Å². The molecule has 1 saturated heterocycles. The van der Waals surface area contributed by atoms with Gasteiger partial charge in [-0.25, -0.2) is 0 Å². The van der Waals surface area contributed by atoms with Gasteiger partial charge in [0.1, 0.15) is 0 Å². The lowest BCUT2D eigenvalue weighted by Gasteiger charge is -2.26. The minimum atomic E-state index is 0.387. The predicted molar refractivity (Wildman–Crippen MR) is 78.9 cm³/mol. The van der Waals surface area contributed by atoms with E-state index in [-0.39, 0.29) is 0 Å². The number of rotatable bonds is 5. The molecule has 100 valence electrons. The van der Waals surface area contributed by atoms with Crippen LogP contribution in [0.1, 0.15) is 25.3 Å². The second-order valence-electron chi connectivity index (χ2n) is 4.65. The third-order valence-electron chi connectivity index (χ3n) is 3.45. The molecule has 1 atom stereocenters. The Kier molecular flexibility index (Phi) is 5.03. The molecular formula is C14H21BrN2O. The van der Waals surface area contributed by atoms with Gasteiger partial charge >= 0.3 is 0 Å². The summed E-state index contributed by atoms with van der Waals surface area (Å²) in [6, 6.07) is 6.39. The molecule has 1 aliphatic rings. The number of hydrogen-bond donors (Lipinski definition) is 1. The van der Waals surface area contributed by atoms with Gasteiger partial charge in [0.15, 0.2) is 0 Å².